The van der Waals surface area contributed by atoms with Crippen LogP contribution in [0.3, 0.4) is 0 Å². The van der Waals surface area contributed by atoms with Crippen LogP contribution in [-0.2, 0) is 0 Å². The molecule has 4 rings (SSSR count). The molecule has 3 aromatic carbocycles. The number of unbranched alkanes of at least 4 members (excludes halogenated alkanes) is 5. The summed E-state index contributed by atoms with van der Waals surface area (Å²) >= 11 is 1.86. The molecule has 2 nitrogen and oxygen atoms in total. The molecule has 0 aliphatic carbocycles. The van der Waals surface area contributed by atoms with Crippen molar-refractivity contribution in [1.29, 1.82) is 0 Å². The Bertz CT molecular complexity index is 1060. The van der Waals surface area contributed by atoms with E-state index in [-0.39, 0.29) is 22.9 Å². The van der Waals surface area contributed by atoms with E-state index in [1.54, 1.807) is 26.4 Å². The molecule has 0 amide bonds. The second kappa shape index (κ2) is 12.5. The molecule has 0 saturated carbocycles. The van der Waals surface area contributed by atoms with Crippen LogP contribution < -0.4 is 9.47 Å². The van der Waals surface area contributed by atoms with E-state index in [1.807, 2.05) is 42.1 Å². The molecule has 3 unspecified atom stereocenters. The number of halogens is 1. The molecular formula is C31H37FO2S. The standard InChI is InChI=1S/C31H37FO2S/c1-4-5-6-7-8-9-10-27-28-21-24(32)15-20-29(28)35-31(23-13-18-26(34-3)19-14-23)30(27)22-11-16-25(33-2)17-12-22/h11-21,27,30-31H,4-10H2,1-3H3. The molecule has 0 N–H and O–H groups in total. The molecule has 0 fully saturated rings. The summed E-state index contributed by atoms with van der Waals surface area (Å²) in [4.78, 5) is 1.20. The van der Waals surface area contributed by atoms with Gasteiger partial charge in [-0.25, -0.2) is 4.39 Å². The third kappa shape index (κ3) is 6.22. The van der Waals surface area contributed by atoms with Crippen LogP contribution >= 0.6 is 11.8 Å². The van der Waals surface area contributed by atoms with Gasteiger partial charge < -0.3 is 9.47 Å². The highest BCUT2D eigenvalue weighted by atomic mass is 32.2. The van der Waals surface area contributed by atoms with Gasteiger partial charge in [-0.2, -0.15) is 0 Å². The van der Waals surface area contributed by atoms with Gasteiger partial charge in [0.05, 0.1) is 14.2 Å². The molecular weight excluding hydrogens is 455 g/mol. The quantitative estimate of drug-likeness (QED) is 0.248. The van der Waals surface area contributed by atoms with Gasteiger partial charge in [0.25, 0.3) is 0 Å². The summed E-state index contributed by atoms with van der Waals surface area (Å²) in [6.45, 7) is 2.25. The highest BCUT2D eigenvalue weighted by Crippen LogP contribution is 2.59. The molecule has 3 aromatic rings. The van der Waals surface area contributed by atoms with Crippen molar-refractivity contribution in [2.24, 2.45) is 0 Å². The maximum atomic E-state index is 14.5. The van der Waals surface area contributed by atoms with Crippen LogP contribution in [0.25, 0.3) is 0 Å². The van der Waals surface area contributed by atoms with Gasteiger partial charge in [-0.3, -0.25) is 0 Å². The van der Waals surface area contributed by atoms with Crippen LogP contribution in [0.5, 0.6) is 11.5 Å². The number of rotatable bonds is 11. The number of fused-ring (bicyclic) bond motifs is 1. The predicted octanol–water partition coefficient (Wildman–Crippen LogP) is 9.31. The number of ether oxygens (including phenoxy) is 2. The Hall–Kier alpha value is -2.46. The first kappa shape index (κ1) is 25.6. The zero-order valence-electron chi connectivity index (χ0n) is 21.1. The van der Waals surface area contributed by atoms with E-state index >= 15 is 0 Å². The molecule has 0 spiro atoms. The van der Waals surface area contributed by atoms with Crippen molar-refractivity contribution in [1.82, 2.24) is 0 Å². The van der Waals surface area contributed by atoms with Crippen LogP contribution in [0.1, 0.15) is 85.6 Å². The second-order valence-electron chi connectivity index (χ2n) is 9.46. The molecule has 3 atom stereocenters. The third-order valence-electron chi connectivity index (χ3n) is 7.20. The van der Waals surface area contributed by atoms with Gasteiger partial charge in [-0.1, -0.05) is 69.7 Å². The van der Waals surface area contributed by atoms with Crippen LogP contribution in [-0.4, -0.2) is 14.2 Å². The van der Waals surface area contributed by atoms with Crippen molar-refractivity contribution in [3.8, 4) is 11.5 Å². The van der Waals surface area contributed by atoms with Crippen LogP contribution in [0.4, 0.5) is 4.39 Å². The monoisotopic (exact) mass is 492 g/mol. The normalized spacial score (nSPS) is 19.3. The van der Waals surface area contributed by atoms with Gasteiger partial charge >= 0.3 is 0 Å². The van der Waals surface area contributed by atoms with E-state index in [2.05, 4.69) is 31.2 Å². The molecule has 4 heteroatoms. The number of thioether (sulfide) groups is 1. The van der Waals surface area contributed by atoms with Crippen molar-refractivity contribution in [2.45, 2.75) is 73.9 Å². The molecule has 186 valence electrons. The summed E-state index contributed by atoms with van der Waals surface area (Å²) in [7, 11) is 3.40. The zero-order chi connectivity index (χ0) is 24.6. The first-order chi connectivity index (χ1) is 17.1. The summed E-state index contributed by atoms with van der Waals surface area (Å²) < 4.78 is 25.3. The van der Waals surface area contributed by atoms with E-state index in [1.165, 1.54) is 48.1 Å². The van der Waals surface area contributed by atoms with Crippen molar-refractivity contribution < 1.29 is 13.9 Å². The van der Waals surface area contributed by atoms with E-state index in [9.17, 15) is 4.39 Å². The maximum absolute atomic E-state index is 14.5. The van der Waals surface area contributed by atoms with Gasteiger partial charge in [0.15, 0.2) is 0 Å². The number of hydrogen-bond acceptors (Lipinski definition) is 3. The Morgan fingerprint density at radius 3 is 1.97 bits per heavy atom. The first-order valence-corrected chi connectivity index (χ1v) is 13.8. The summed E-state index contributed by atoms with van der Waals surface area (Å²) in [6.07, 6.45) is 8.61. The highest BCUT2D eigenvalue weighted by Gasteiger charge is 2.39. The van der Waals surface area contributed by atoms with Crippen LogP contribution in [0.15, 0.2) is 71.6 Å². The lowest BCUT2D eigenvalue weighted by atomic mass is 9.74. The Kier molecular flexibility index (Phi) is 9.14. The van der Waals surface area contributed by atoms with Crippen molar-refractivity contribution >= 4 is 11.8 Å². The molecule has 0 aromatic heterocycles. The largest absolute Gasteiger partial charge is 0.497 e. The molecule has 1 aliphatic rings. The Labute approximate surface area is 214 Å². The minimum atomic E-state index is -0.145. The van der Waals surface area contributed by atoms with E-state index < -0.39 is 0 Å². The van der Waals surface area contributed by atoms with E-state index in [0.717, 1.165) is 29.9 Å². The highest BCUT2D eigenvalue weighted by molar-refractivity contribution is 7.99. The van der Waals surface area contributed by atoms with Crippen LogP contribution in [0, 0.1) is 5.82 Å². The van der Waals surface area contributed by atoms with Gasteiger partial charge in [-0.05, 0) is 71.5 Å². The van der Waals surface area contributed by atoms with Gasteiger partial charge in [0, 0.05) is 16.1 Å². The maximum Gasteiger partial charge on any atom is 0.123 e. The zero-order valence-corrected chi connectivity index (χ0v) is 22.0. The number of benzene rings is 3. The molecule has 0 saturated heterocycles. The lowest BCUT2D eigenvalue weighted by molar-refractivity contribution is 0.412. The lowest BCUT2D eigenvalue weighted by Gasteiger charge is -2.40. The minimum absolute atomic E-state index is 0.145. The van der Waals surface area contributed by atoms with Crippen LogP contribution in [0.2, 0.25) is 0 Å². The summed E-state index contributed by atoms with van der Waals surface area (Å²) in [5.41, 5.74) is 3.72. The molecule has 35 heavy (non-hydrogen) atoms. The fourth-order valence-electron chi connectivity index (χ4n) is 5.31. The summed E-state index contributed by atoms with van der Waals surface area (Å²) in [5, 5.41) is 0.234. The Morgan fingerprint density at radius 2 is 1.34 bits per heavy atom. The van der Waals surface area contributed by atoms with Crippen molar-refractivity contribution in [2.75, 3.05) is 14.2 Å². The van der Waals surface area contributed by atoms with E-state index in [4.69, 9.17) is 9.47 Å². The van der Waals surface area contributed by atoms with Crippen molar-refractivity contribution in [3.63, 3.8) is 0 Å². The second-order valence-corrected chi connectivity index (χ2v) is 10.6. The smallest absolute Gasteiger partial charge is 0.123 e. The first-order valence-electron chi connectivity index (χ1n) is 12.9. The lowest BCUT2D eigenvalue weighted by Crippen LogP contribution is -2.22. The fourth-order valence-corrected chi connectivity index (χ4v) is 6.87. The topological polar surface area (TPSA) is 18.5 Å². The SMILES string of the molecule is CCCCCCCCC1c2cc(F)ccc2SC(c2ccc(OC)cc2)C1c1ccc(OC)cc1. The van der Waals surface area contributed by atoms with Gasteiger partial charge in [-0.15, -0.1) is 11.8 Å². The molecule has 0 bridgehead atoms. The molecule has 0 radical (unpaired) electrons. The third-order valence-corrected chi connectivity index (χ3v) is 8.64. The summed E-state index contributed by atoms with van der Waals surface area (Å²) in [6, 6.07) is 22.3. The Morgan fingerprint density at radius 1 is 0.743 bits per heavy atom. The average molecular weight is 493 g/mol. The number of methoxy groups -OCH3 is 2. The fraction of sp³-hybridized carbons (Fsp3) is 0.419. The number of hydrogen-bond donors (Lipinski definition) is 0. The summed E-state index contributed by atoms with van der Waals surface area (Å²) in [5.74, 6) is 2.07. The predicted molar refractivity (Wildman–Crippen MR) is 144 cm³/mol. The van der Waals surface area contributed by atoms with E-state index in [0.29, 0.717) is 0 Å². The minimum Gasteiger partial charge on any atom is -0.497 e. The van der Waals surface area contributed by atoms with Crippen molar-refractivity contribution in [3.05, 3.63) is 89.2 Å². The van der Waals surface area contributed by atoms with Gasteiger partial charge in [0.1, 0.15) is 17.3 Å². The average Bonchev–Trinajstić information content (AvgIpc) is 2.90. The molecule has 1 heterocycles. The Balaban J connectivity index is 1.72. The van der Waals surface area contributed by atoms with Gasteiger partial charge in [0.2, 0.25) is 0 Å². The molecule has 1 aliphatic heterocycles.